The molecule has 2 aliphatic heterocycles. The Labute approximate surface area is 125 Å². The lowest BCUT2D eigenvalue weighted by atomic mass is 9.79. The third kappa shape index (κ3) is 2.42. The highest BCUT2D eigenvalue weighted by Gasteiger charge is 2.36. The maximum absolute atomic E-state index is 12.6. The molecule has 0 bridgehead atoms. The second kappa shape index (κ2) is 5.34. The van der Waals surface area contributed by atoms with E-state index in [1.807, 2.05) is 24.3 Å². The summed E-state index contributed by atoms with van der Waals surface area (Å²) in [7, 11) is 0. The molecule has 4 rings (SSSR count). The molecule has 2 heterocycles. The first-order valence-electron chi connectivity index (χ1n) is 8.04. The number of carbonyl (C=O) groups excluding carboxylic acids is 1. The standard InChI is InChI=1S/C17H22N2O2/c20-17(15-10-21-16-4-2-1-3-14(15)16)19-13-6-5-11-8-18-9-12(11)7-13/h1-4,11-13,15,18H,5-10H2,(H,19,20)/t11-,12+,13?,15?/m0/s1. The first kappa shape index (κ1) is 13.1. The molecular weight excluding hydrogens is 264 g/mol. The van der Waals surface area contributed by atoms with Crippen LogP contribution in [-0.2, 0) is 4.79 Å². The number of rotatable bonds is 2. The number of para-hydroxylation sites is 1. The number of amides is 1. The van der Waals surface area contributed by atoms with E-state index in [4.69, 9.17) is 4.74 Å². The summed E-state index contributed by atoms with van der Waals surface area (Å²) in [6.45, 7) is 2.76. The lowest BCUT2D eigenvalue weighted by Crippen LogP contribution is -2.43. The number of ether oxygens (including phenoxy) is 1. The molecule has 1 aromatic carbocycles. The van der Waals surface area contributed by atoms with E-state index in [1.54, 1.807) is 0 Å². The zero-order valence-electron chi connectivity index (χ0n) is 12.2. The number of carbonyl (C=O) groups is 1. The summed E-state index contributed by atoms with van der Waals surface area (Å²) in [4.78, 5) is 12.6. The summed E-state index contributed by atoms with van der Waals surface area (Å²) >= 11 is 0. The van der Waals surface area contributed by atoms with E-state index in [-0.39, 0.29) is 11.8 Å². The van der Waals surface area contributed by atoms with E-state index in [2.05, 4.69) is 10.6 Å². The molecule has 21 heavy (non-hydrogen) atoms. The molecule has 4 heteroatoms. The molecule has 2 unspecified atom stereocenters. The Bertz CT molecular complexity index is 545. The van der Waals surface area contributed by atoms with Crippen LogP contribution in [0, 0.1) is 11.8 Å². The highest BCUT2D eigenvalue weighted by atomic mass is 16.5. The van der Waals surface area contributed by atoms with Crippen LogP contribution >= 0.6 is 0 Å². The maximum Gasteiger partial charge on any atom is 0.231 e. The molecule has 0 radical (unpaired) electrons. The molecule has 4 nitrogen and oxygen atoms in total. The van der Waals surface area contributed by atoms with Gasteiger partial charge in [0.1, 0.15) is 18.3 Å². The second-order valence-corrected chi connectivity index (χ2v) is 6.60. The molecule has 0 aromatic heterocycles. The fourth-order valence-corrected chi connectivity index (χ4v) is 4.11. The normalized spacial score (nSPS) is 33.9. The average Bonchev–Trinajstić information content (AvgIpc) is 3.13. The molecule has 2 fully saturated rings. The predicted octanol–water partition coefficient (Wildman–Crippen LogP) is 1.67. The van der Waals surface area contributed by atoms with Crippen LogP contribution in [0.2, 0.25) is 0 Å². The van der Waals surface area contributed by atoms with Gasteiger partial charge < -0.3 is 15.4 Å². The van der Waals surface area contributed by atoms with E-state index in [1.165, 1.54) is 6.42 Å². The highest BCUT2D eigenvalue weighted by molar-refractivity contribution is 5.85. The summed E-state index contributed by atoms with van der Waals surface area (Å²) in [5.41, 5.74) is 1.03. The Balaban J connectivity index is 1.40. The lowest BCUT2D eigenvalue weighted by Gasteiger charge is -2.32. The molecule has 1 aliphatic carbocycles. The summed E-state index contributed by atoms with van der Waals surface area (Å²) in [6.07, 6.45) is 3.48. The van der Waals surface area contributed by atoms with E-state index in [0.717, 1.165) is 49.1 Å². The Morgan fingerprint density at radius 1 is 1.19 bits per heavy atom. The third-order valence-corrected chi connectivity index (χ3v) is 5.32. The van der Waals surface area contributed by atoms with Crippen LogP contribution in [0.4, 0.5) is 0 Å². The maximum atomic E-state index is 12.6. The molecule has 1 aromatic rings. The average molecular weight is 286 g/mol. The Morgan fingerprint density at radius 3 is 3.00 bits per heavy atom. The van der Waals surface area contributed by atoms with Crippen LogP contribution in [0.5, 0.6) is 5.75 Å². The van der Waals surface area contributed by atoms with E-state index in [9.17, 15) is 4.79 Å². The SMILES string of the molecule is O=C(NC1CC[C@H]2CNC[C@H]2C1)C1COc2ccccc21. The van der Waals surface area contributed by atoms with Crippen LogP contribution in [0.25, 0.3) is 0 Å². The van der Waals surface area contributed by atoms with Crippen molar-refractivity contribution in [3.8, 4) is 5.75 Å². The Morgan fingerprint density at radius 2 is 2.05 bits per heavy atom. The van der Waals surface area contributed by atoms with Crippen LogP contribution in [0.15, 0.2) is 24.3 Å². The molecule has 3 aliphatic rings. The van der Waals surface area contributed by atoms with Crippen molar-refractivity contribution in [3.63, 3.8) is 0 Å². The Kier molecular flexibility index (Phi) is 3.34. The van der Waals surface area contributed by atoms with Crippen molar-refractivity contribution in [2.75, 3.05) is 19.7 Å². The van der Waals surface area contributed by atoms with Gasteiger partial charge in [-0.2, -0.15) is 0 Å². The van der Waals surface area contributed by atoms with Crippen molar-refractivity contribution in [3.05, 3.63) is 29.8 Å². The number of nitrogens with one attached hydrogen (secondary N) is 2. The van der Waals surface area contributed by atoms with Crippen molar-refractivity contribution in [2.45, 2.75) is 31.2 Å². The van der Waals surface area contributed by atoms with E-state index >= 15 is 0 Å². The molecule has 1 saturated heterocycles. The van der Waals surface area contributed by atoms with Crippen LogP contribution in [0.1, 0.15) is 30.7 Å². The molecular formula is C17H22N2O2. The quantitative estimate of drug-likeness (QED) is 0.869. The van der Waals surface area contributed by atoms with Gasteiger partial charge >= 0.3 is 0 Å². The molecule has 1 saturated carbocycles. The second-order valence-electron chi connectivity index (χ2n) is 6.60. The van der Waals surface area contributed by atoms with Gasteiger partial charge in [-0.25, -0.2) is 0 Å². The summed E-state index contributed by atoms with van der Waals surface area (Å²) in [6, 6.07) is 8.21. The number of hydrogen-bond acceptors (Lipinski definition) is 3. The fourth-order valence-electron chi connectivity index (χ4n) is 4.11. The topological polar surface area (TPSA) is 50.4 Å². The molecule has 4 atom stereocenters. The van der Waals surface area contributed by atoms with Gasteiger partial charge in [-0.15, -0.1) is 0 Å². The molecule has 2 N–H and O–H groups in total. The molecule has 0 spiro atoms. The van der Waals surface area contributed by atoms with Gasteiger partial charge in [0.05, 0.1) is 0 Å². The minimum absolute atomic E-state index is 0.134. The number of fused-ring (bicyclic) bond motifs is 2. The minimum Gasteiger partial charge on any atom is -0.492 e. The zero-order chi connectivity index (χ0) is 14.2. The van der Waals surface area contributed by atoms with Crippen molar-refractivity contribution in [1.82, 2.24) is 10.6 Å². The van der Waals surface area contributed by atoms with Gasteiger partial charge in [0.25, 0.3) is 0 Å². The van der Waals surface area contributed by atoms with Crippen LogP contribution < -0.4 is 15.4 Å². The van der Waals surface area contributed by atoms with Gasteiger partial charge in [-0.1, -0.05) is 18.2 Å². The van der Waals surface area contributed by atoms with Gasteiger partial charge in [-0.3, -0.25) is 4.79 Å². The van der Waals surface area contributed by atoms with E-state index in [0.29, 0.717) is 12.6 Å². The van der Waals surface area contributed by atoms with Crippen molar-refractivity contribution >= 4 is 5.91 Å². The lowest BCUT2D eigenvalue weighted by molar-refractivity contribution is -0.123. The summed E-state index contributed by atoms with van der Waals surface area (Å²) in [5, 5.41) is 6.74. The predicted molar refractivity (Wildman–Crippen MR) is 80.3 cm³/mol. The van der Waals surface area contributed by atoms with Gasteiger partial charge in [0, 0.05) is 11.6 Å². The largest absolute Gasteiger partial charge is 0.492 e. The van der Waals surface area contributed by atoms with Gasteiger partial charge in [-0.05, 0) is 50.3 Å². The van der Waals surface area contributed by atoms with Gasteiger partial charge in [0.15, 0.2) is 0 Å². The van der Waals surface area contributed by atoms with E-state index < -0.39 is 0 Å². The smallest absolute Gasteiger partial charge is 0.231 e. The van der Waals surface area contributed by atoms with Crippen molar-refractivity contribution < 1.29 is 9.53 Å². The number of benzene rings is 1. The summed E-state index contributed by atoms with van der Waals surface area (Å²) < 4.78 is 5.62. The number of hydrogen-bond donors (Lipinski definition) is 2. The summed E-state index contributed by atoms with van der Waals surface area (Å²) in [5.74, 6) is 2.43. The van der Waals surface area contributed by atoms with Crippen molar-refractivity contribution in [1.29, 1.82) is 0 Å². The molecule has 1 amide bonds. The Hall–Kier alpha value is -1.55. The monoisotopic (exact) mass is 286 g/mol. The van der Waals surface area contributed by atoms with Crippen molar-refractivity contribution in [2.24, 2.45) is 11.8 Å². The zero-order valence-corrected chi connectivity index (χ0v) is 12.2. The minimum atomic E-state index is -0.138. The highest BCUT2D eigenvalue weighted by Crippen LogP contribution is 2.35. The third-order valence-electron chi connectivity index (χ3n) is 5.32. The first-order valence-corrected chi connectivity index (χ1v) is 8.04. The molecule has 112 valence electrons. The first-order chi connectivity index (χ1) is 10.3. The fraction of sp³-hybridized carbons (Fsp3) is 0.588. The van der Waals surface area contributed by atoms with Gasteiger partial charge in [0.2, 0.25) is 5.91 Å². The van der Waals surface area contributed by atoms with Crippen LogP contribution in [0.3, 0.4) is 0 Å². The van der Waals surface area contributed by atoms with Crippen LogP contribution in [-0.4, -0.2) is 31.6 Å².